The lowest BCUT2D eigenvalue weighted by molar-refractivity contribution is -0.132. The fourth-order valence-electron chi connectivity index (χ4n) is 3.81. The number of amides is 1. The molecule has 0 spiro atoms. The van der Waals surface area contributed by atoms with E-state index in [1.54, 1.807) is 0 Å². The first kappa shape index (κ1) is 15.1. The summed E-state index contributed by atoms with van der Waals surface area (Å²) in [7, 11) is 0. The van der Waals surface area contributed by atoms with E-state index in [2.05, 4.69) is 21.4 Å². The van der Waals surface area contributed by atoms with Gasteiger partial charge in [0.05, 0.1) is 25.8 Å². The molecule has 1 aliphatic carbocycles. The molecular weight excluding hydrogens is 292 g/mol. The molecule has 2 saturated heterocycles. The normalized spacial score (nSPS) is 26.0. The Morgan fingerprint density at radius 1 is 1.26 bits per heavy atom. The molecule has 1 aromatic heterocycles. The van der Waals surface area contributed by atoms with Crippen LogP contribution in [0.1, 0.15) is 42.7 Å². The van der Waals surface area contributed by atoms with Gasteiger partial charge in [-0.05, 0) is 26.2 Å². The molecular formula is C17H26N4O2. The van der Waals surface area contributed by atoms with Crippen LogP contribution in [0.2, 0.25) is 0 Å². The minimum Gasteiger partial charge on any atom is -0.379 e. The number of aromatic nitrogens is 2. The van der Waals surface area contributed by atoms with Crippen molar-refractivity contribution in [2.75, 3.05) is 45.9 Å². The highest BCUT2D eigenvalue weighted by atomic mass is 16.5. The summed E-state index contributed by atoms with van der Waals surface area (Å²) in [5.74, 6) is 2.16. The molecule has 3 aliphatic rings. The Morgan fingerprint density at radius 2 is 2.04 bits per heavy atom. The highest BCUT2D eigenvalue weighted by Gasteiger charge is 2.34. The molecule has 0 N–H and O–H groups in total. The molecule has 1 atom stereocenters. The van der Waals surface area contributed by atoms with E-state index in [0.717, 1.165) is 45.8 Å². The van der Waals surface area contributed by atoms with Gasteiger partial charge >= 0.3 is 0 Å². The van der Waals surface area contributed by atoms with Crippen molar-refractivity contribution in [2.45, 2.75) is 38.1 Å². The van der Waals surface area contributed by atoms with Gasteiger partial charge in [-0.2, -0.15) is 0 Å². The van der Waals surface area contributed by atoms with E-state index >= 15 is 0 Å². The van der Waals surface area contributed by atoms with Crippen molar-refractivity contribution in [3.05, 3.63) is 17.7 Å². The number of imidazole rings is 1. The van der Waals surface area contributed by atoms with Gasteiger partial charge in [-0.3, -0.25) is 9.69 Å². The fraction of sp³-hybridized carbons (Fsp3) is 0.765. The molecule has 23 heavy (non-hydrogen) atoms. The van der Waals surface area contributed by atoms with Crippen molar-refractivity contribution in [1.82, 2.24) is 19.4 Å². The number of morpholine rings is 1. The van der Waals surface area contributed by atoms with Gasteiger partial charge in [0.2, 0.25) is 5.91 Å². The zero-order valence-corrected chi connectivity index (χ0v) is 13.9. The smallest absolute Gasteiger partial charge is 0.236 e. The van der Waals surface area contributed by atoms with Crippen LogP contribution >= 0.6 is 0 Å². The van der Waals surface area contributed by atoms with Crippen LogP contribution in [0.3, 0.4) is 0 Å². The molecule has 1 saturated carbocycles. The predicted octanol–water partition coefficient (Wildman–Crippen LogP) is 1.17. The molecule has 3 heterocycles. The van der Waals surface area contributed by atoms with Crippen LogP contribution in [0.4, 0.5) is 0 Å². The lowest BCUT2D eigenvalue weighted by Gasteiger charge is -2.28. The first-order chi connectivity index (χ1) is 11.2. The number of nitrogens with zero attached hydrogens (tertiary/aromatic N) is 4. The standard InChI is InChI=1S/C17H26N4O2/c1-13-10-18-17(14-2-3-14)21(13)15-4-5-20(11-15)16(22)12-19-6-8-23-9-7-19/h10,14-15H,2-9,11-12H2,1H3. The van der Waals surface area contributed by atoms with Crippen molar-refractivity contribution >= 4 is 5.91 Å². The Morgan fingerprint density at radius 3 is 2.78 bits per heavy atom. The third kappa shape index (κ3) is 3.15. The highest BCUT2D eigenvalue weighted by Crippen LogP contribution is 2.41. The molecule has 1 aromatic rings. The zero-order chi connectivity index (χ0) is 15.8. The fourth-order valence-corrected chi connectivity index (χ4v) is 3.81. The molecule has 1 unspecified atom stereocenters. The second-order valence-corrected chi connectivity index (χ2v) is 7.07. The van der Waals surface area contributed by atoms with Crippen LogP contribution in [0, 0.1) is 6.92 Å². The van der Waals surface area contributed by atoms with Crippen LogP contribution < -0.4 is 0 Å². The van der Waals surface area contributed by atoms with Crippen LogP contribution in [0.15, 0.2) is 6.20 Å². The third-order valence-electron chi connectivity index (χ3n) is 5.30. The Hall–Kier alpha value is -1.40. The van der Waals surface area contributed by atoms with Crippen molar-refractivity contribution in [3.8, 4) is 0 Å². The largest absolute Gasteiger partial charge is 0.379 e. The Bertz CT molecular complexity index is 575. The molecule has 0 radical (unpaired) electrons. The van der Waals surface area contributed by atoms with Crippen LogP contribution in [0.25, 0.3) is 0 Å². The van der Waals surface area contributed by atoms with Gasteiger partial charge in [-0.15, -0.1) is 0 Å². The first-order valence-corrected chi connectivity index (χ1v) is 8.84. The Kier molecular flexibility index (Phi) is 4.11. The second kappa shape index (κ2) is 6.24. The monoisotopic (exact) mass is 318 g/mol. The first-order valence-electron chi connectivity index (χ1n) is 8.84. The summed E-state index contributed by atoms with van der Waals surface area (Å²) in [6.45, 7) is 7.61. The summed E-state index contributed by atoms with van der Waals surface area (Å²) >= 11 is 0. The van der Waals surface area contributed by atoms with Gasteiger partial charge in [0.1, 0.15) is 5.82 Å². The Balaban J connectivity index is 1.39. The van der Waals surface area contributed by atoms with Crippen LogP contribution in [-0.4, -0.2) is 71.2 Å². The molecule has 126 valence electrons. The number of hydrogen-bond donors (Lipinski definition) is 0. The number of ether oxygens (including phenoxy) is 1. The average Bonchev–Trinajstić information content (AvgIpc) is 3.15. The summed E-state index contributed by atoms with van der Waals surface area (Å²) in [6, 6.07) is 0.404. The maximum absolute atomic E-state index is 12.6. The topological polar surface area (TPSA) is 50.6 Å². The number of hydrogen-bond acceptors (Lipinski definition) is 4. The lowest BCUT2D eigenvalue weighted by Crippen LogP contribution is -2.44. The molecule has 2 aliphatic heterocycles. The summed E-state index contributed by atoms with van der Waals surface area (Å²) in [5, 5.41) is 0. The quantitative estimate of drug-likeness (QED) is 0.836. The number of carbonyl (C=O) groups excluding carboxylic acids is 1. The van der Waals surface area contributed by atoms with Crippen molar-refractivity contribution in [3.63, 3.8) is 0 Å². The van der Waals surface area contributed by atoms with Crippen molar-refractivity contribution in [1.29, 1.82) is 0 Å². The zero-order valence-electron chi connectivity index (χ0n) is 13.9. The molecule has 0 aromatic carbocycles. The molecule has 6 heteroatoms. The summed E-state index contributed by atoms with van der Waals surface area (Å²) in [5.41, 5.74) is 1.24. The van der Waals surface area contributed by atoms with Crippen LogP contribution in [-0.2, 0) is 9.53 Å². The number of carbonyl (C=O) groups is 1. The van der Waals surface area contributed by atoms with E-state index in [9.17, 15) is 4.79 Å². The summed E-state index contributed by atoms with van der Waals surface area (Å²) in [4.78, 5) is 21.4. The lowest BCUT2D eigenvalue weighted by atomic mass is 10.2. The van der Waals surface area contributed by atoms with Gasteiger partial charge < -0.3 is 14.2 Å². The predicted molar refractivity (Wildman–Crippen MR) is 86.4 cm³/mol. The van der Waals surface area contributed by atoms with Crippen molar-refractivity contribution in [2.24, 2.45) is 0 Å². The van der Waals surface area contributed by atoms with E-state index in [1.165, 1.54) is 24.4 Å². The molecule has 0 bridgehead atoms. The Labute approximate surface area is 137 Å². The minimum absolute atomic E-state index is 0.264. The summed E-state index contributed by atoms with van der Waals surface area (Å²) in [6.07, 6.45) is 5.57. The van der Waals surface area contributed by atoms with E-state index in [4.69, 9.17) is 4.74 Å². The van der Waals surface area contributed by atoms with Gasteiger partial charge in [0, 0.05) is 44.0 Å². The van der Waals surface area contributed by atoms with E-state index in [-0.39, 0.29) is 5.91 Å². The van der Waals surface area contributed by atoms with Crippen LogP contribution in [0.5, 0.6) is 0 Å². The molecule has 3 fully saturated rings. The molecule has 1 amide bonds. The number of rotatable bonds is 4. The molecule has 4 rings (SSSR count). The average molecular weight is 318 g/mol. The maximum Gasteiger partial charge on any atom is 0.236 e. The molecule has 6 nitrogen and oxygen atoms in total. The van der Waals surface area contributed by atoms with Gasteiger partial charge in [0.25, 0.3) is 0 Å². The van der Waals surface area contributed by atoms with Gasteiger partial charge in [-0.25, -0.2) is 4.98 Å². The maximum atomic E-state index is 12.6. The van der Waals surface area contributed by atoms with E-state index in [0.29, 0.717) is 18.5 Å². The van der Waals surface area contributed by atoms with Crippen molar-refractivity contribution < 1.29 is 9.53 Å². The summed E-state index contributed by atoms with van der Waals surface area (Å²) < 4.78 is 7.75. The van der Waals surface area contributed by atoms with E-state index in [1.807, 2.05) is 11.1 Å². The minimum atomic E-state index is 0.264. The second-order valence-electron chi connectivity index (χ2n) is 7.07. The van der Waals surface area contributed by atoms with Gasteiger partial charge in [-0.1, -0.05) is 0 Å². The van der Waals surface area contributed by atoms with Gasteiger partial charge in [0.15, 0.2) is 0 Å². The van der Waals surface area contributed by atoms with E-state index < -0.39 is 0 Å². The SMILES string of the molecule is Cc1cnc(C2CC2)n1C1CCN(C(=O)CN2CCOCC2)C1. The third-order valence-corrected chi connectivity index (χ3v) is 5.30. The number of aryl methyl sites for hydroxylation is 1. The number of likely N-dealkylation sites (tertiary alicyclic amines) is 1. The highest BCUT2D eigenvalue weighted by molar-refractivity contribution is 5.78.